The molecule has 0 aliphatic carbocycles. The number of rotatable bonds is 4. The van der Waals surface area contributed by atoms with Gasteiger partial charge in [-0.25, -0.2) is 9.48 Å². The van der Waals surface area contributed by atoms with Crippen LogP contribution >= 0.6 is 0 Å². The number of aromatic nitrogens is 2. The zero-order chi connectivity index (χ0) is 13.8. The van der Waals surface area contributed by atoms with Crippen LogP contribution in [0, 0.1) is 0 Å². The van der Waals surface area contributed by atoms with Gasteiger partial charge in [0.1, 0.15) is 5.75 Å². The predicted molar refractivity (Wildman–Crippen MR) is 66.8 cm³/mol. The Morgan fingerprint density at radius 3 is 2.47 bits per heavy atom. The highest BCUT2D eigenvalue weighted by molar-refractivity contribution is 5.96. The number of methoxy groups -OCH3 is 2. The van der Waals surface area contributed by atoms with Crippen molar-refractivity contribution in [3.05, 3.63) is 41.7 Å². The lowest BCUT2D eigenvalue weighted by Gasteiger charge is -2.02. The number of aldehydes is 1. The molecule has 0 bridgehead atoms. The highest BCUT2D eigenvalue weighted by atomic mass is 16.5. The van der Waals surface area contributed by atoms with Crippen molar-refractivity contribution in [1.29, 1.82) is 0 Å². The Bertz CT molecular complexity index is 602. The lowest BCUT2D eigenvalue weighted by molar-refractivity contribution is 0.0591. The Hall–Kier alpha value is -2.63. The number of benzene rings is 1. The minimum absolute atomic E-state index is 0.00619. The van der Waals surface area contributed by atoms with Gasteiger partial charge in [0.2, 0.25) is 0 Å². The summed E-state index contributed by atoms with van der Waals surface area (Å²) in [6, 6.07) is 7.05. The zero-order valence-corrected chi connectivity index (χ0v) is 10.5. The first-order chi connectivity index (χ1) is 9.19. The summed E-state index contributed by atoms with van der Waals surface area (Å²) in [6.07, 6.45) is 2.04. The van der Waals surface area contributed by atoms with Crippen LogP contribution in [0.1, 0.15) is 20.8 Å². The molecule has 0 aliphatic heterocycles. The Morgan fingerprint density at radius 1 is 1.26 bits per heavy atom. The molecule has 0 aliphatic rings. The average Bonchev–Trinajstić information content (AvgIpc) is 2.90. The van der Waals surface area contributed by atoms with Gasteiger partial charge in [0.15, 0.2) is 12.0 Å². The maximum Gasteiger partial charge on any atom is 0.359 e. The fourth-order valence-electron chi connectivity index (χ4n) is 1.60. The summed E-state index contributed by atoms with van der Waals surface area (Å²) >= 11 is 0. The number of ether oxygens (including phenoxy) is 2. The first-order valence-corrected chi connectivity index (χ1v) is 5.47. The molecule has 19 heavy (non-hydrogen) atoms. The van der Waals surface area contributed by atoms with Gasteiger partial charge in [-0.15, -0.1) is 0 Å². The van der Waals surface area contributed by atoms with E-state index in [1.807, 2.05) is 0 Å². The van der Waals surface area contributed by atoms with Gasteiger partial charge in [-0.1, -0.05) is 0 Å². The number of nitrogens with zero attached hydrogens (tertiary/aromatic N) is 2. The lowest BCUT2D eigenvalue weighted by Crippen LogP contribution is -2.06. The van der Waals surface area contributed by atoms with Crippen LogP contribution in [0.4, 0.5) is 0 Å². The molecular weight excluding hydrogens is 248 g/mol. The van der Waals surface area contributed by atoms with Gasteiger partial charge in [-0.2, -0.15) is 5.10 Å². The first-order valence-electron chi connectivity index (χ1n) is 5.47. The van der Waals surface area contributed by atoms with E-state index in [1.54, 1.807) is 31.4 Å². The molecule has 6 heteroatoms. The van der Waals surface area contributed by atoms with Crippen molar-refractivity contribution in [3.8, 4) is 11.4 Å². The van der Waals surface area contributed by atoms with Crippen LogP contribution in [0.2, 0.25) is 0 Å². The maximum absolute atomic E-state index is 11.5. The molecule has 0 radical (unpaired) electrons. The van der Waals surface area contributed by atoms with Crippen LogP contribution in [-0.2, 0) is 4.74 Å². The van der Waals surface area contributed by atoms with E-state index in [4.69, 9.17) is 4.74 Å². The van der Waals surface area contributed by atoms with Gasteiger partial charge in [-0.3, -0.25) is 4.79 Å². The van der Waals surface area contributed by atoms with Gasteiger partial charge in [-0.05, 0) is 24.3 Å². The summed E-state index contributed by atoms with van der Waals surface area (Å²) in [5.41, 5.74) is 0.884. The van der Waals surface area contributed by atoms with Crippen molar-refractivity contribution in [2.24, 2.45) is 0 Å². The third kappa shape index (κ3) is 2.47. The highest BCUT2D eigenvalue weighted by Gasteiger charge is 2.17. The second kappa shape index (κ2) is 5.34. The third-order valence-corrected chi connectivity index (χ3v) is 2.59. The molecule has 2 aromatic rings. The second-order valence-corrected chi connectivity index (χ2v) is 3.69. The lowest BCUT2D eigenvalue weighted by atomic mass is 10.3. The molecule has 0 spiro atoms. The fraction of sp³-hybridized carbons (Fsp3) is 0.154. The van der Waals surface area contributed by atoms with Crippen molar-refractivity contribution in [3.63, 3.8) is 0 Å². The van der Waals surface area contributed by atoms with E-state index in [-0.39, 0.29) is 11.3 Å². The van der Waals surface area contributed by atoms with Gasteiger partial charge < -0.3 is 9.47 Å². The quantitative estimate of drug-likeness (QED) is 0.615. The fourth-order valence-corrected chi connectivity index (χ4v) is 1.60. The van der Waals surface area contributed by atoms with Crippen molar-refractivity contribution < 1.29 is 19.1 Å². The van der Waals surface area contributed by atoms with Crippen molar-refractivity contribution in [2.45, 2.75) is 0 Å². The summed E-state index contributed by atoms with van der Waals surface area (Å²) in [7, 11) is 2.81. The second-order valence-electron chi connectivity index (χ2n) is 3.69. The Kier molecular flexibility index (Phi) is 3.61. The molecular formula is C13H12N2O4. The summed E-state index contributed by atoms with van der Waals surface area (Å²) in [5, 5.41) is 4.05. The number of carbonyl (C=O) groups excluding carboxylic acids is 2. The summed E-state index contributed by atoms with van der Waals surface area (Å²) in [6.45, 7) is 0. The molecule has 0 N–H and O–H groups in total. The van der Waals surface area contributed by atoms with Crippen LogP contribution in [0.3, 0.4) is 0 Å². The van der Waals surface area contributed by atoms with Crippen LogP contribution in [0.5, 0.6) is 5.75 Å². The van der Waals surface area contributed by atoms with Crippen LogP contribution < -0.4 is 4.74 Å². The maximum atomic E-state index is 11.5. The molecule has 0 amide bonds. The molecule has 2 rings (SSSR count). The molecule has 1 aromatic heterocycles. The minimum atomic E-state index is -0.644. The van der Waals surface area contributed by atoms with Crippen LogP contribution in [-0.4, -0.2) is 36.3 Å². The monoisotopic (exact) mass is 260 g/mol. The standard InChI is InChI=1S/C13H12N2O4/c1-18-11-5-3-10(4-6-11)15-7-9(8-16)12(14-15)13(17)19-2/h3-8H,1-2H3. The van der Waals surface area contributed by atoms with E-state index >= 15 is 0 Å². The normalized spacial score (nSPS) is 10.0. The van der Waals surface area contributed by atoms with E-state index in [0.717, 1.165) is 0 Å². The van der Waals surface area contributed by atoms with E-state index < -0.39 is 5.97 Å². The molecule has 98 valence electrons. The Labute approximate surface area is 109 Å². The smallest absolute Gasteiger partial charge is 0.359 e. The predicted octanol–water partition coefficient (Wildman–Crippen LogP) is 1.48. The molecule has 0 saturated carbocycles. The van der Waals surface area contributed by atoms with Crippen molar-refractivity contribution >= 4 is 12.3 Å². The number of carbonyl (C=O) groups is 2. The zero-order valence-electron chi connectivity index (χ0n) is 10.5. The molecule has 0 saturated heterocycles. The minimum Gasteiger partial charge on any atom is -0.497 e. The highest BCUT2D eigenvalue weighted by Crippen LogP contribution is 2.16. The summed E-state index contributed by atoms with van der Waals surface area (Å²) in [4.78, 5) is 22.4. The molecule has 0 atom stereocenters. The largest absolute Gasteiger partial charge is 0.497 e. The van der Waals surface area contributed by atoms with Crippen LogP contribution in [0.25, 0.3) is 5.69 Å². The summed E-state index contributed by atoms with van der Waals surface area (Å²) in [5.74, 6) is 0.0640. The van der Waals surface area contributed by atoms with E-state index in [2.05, 4.69) is 9.84 Å². The van der Waals surface area contributed by atoms with Gasteiger partial charge in [0, 0.05) is 6.20 Å². The van der Waals surface area contributed by atoms with Crippen LogP contribution in [0.15, 0.2) is 30.5 Å². The topological polar surface area (TPSA) is 70.4 Å². The molecule has 0 unspecified atom stereocenters. The average molecular weight is 260 g/mol. The van der Waals surface area contributed by atoms with Crippen molar-refractivity contribution in [1.82, 2.24) is 9.78 Å². The van der Waals surface area contributed by atoms with E-state index in [1.165, 1.54) is 18.0 Å². The SMILES string of the molecule is COC(=O)c1nn(-c2ccc(OC)cc2)cc1C=O. The first kappa shape index (κ1) is 12.8. The van der Waals surface area contributed by atoms with Gasteiger partial charge in [0.25, 0.3) is 0 Å². The van der Waals surface area contributed by atoms with E-state index in [0.29, 0.717) is 17.7 Å². The Balaban J connectivity index is 2.42. The number of esters is 1. The molecule has 1 aromatic carbocycles. The molecule has 1 heterocycles. The summed E-state index contributed by atoms with van der Waals surface area (Å²) < 4.78 is 11.1. The Morgan fingerprint density at radius 2 is 1.95 bits per heavy atom. The number of hydrogen-bond donors (Lipinski definition) is 0. The molecule has 6 nitrogen and oxygen atoms in total. The van der Waals surface area contributed by atoms with Crippen molar-refractivity contribution in [2.75, 3.05) is 14.2 Å². The van der Waals surface area contributed by atoms with Gasteiger partial charge >= 0.3 is 5.97 Å². The molecule has 0 fully saturated rings. The van der Waals surface area contributed by atoms with Gasteiger partial charge in [0.05, 0.1) is 25.5 Å². The van der Waals surface area contributed by atoms with E-state index in [9.17, 15) is 9.59 Å². The number of hydrogen-bond acceptors (Lipinski definition) is 5. The third-order valence-electron chi connectivity index (χ3n) is 2.59.